The summed E-state index contributed by atoms with van der Waals surface area (Å²) < 4.78 is 2.24. The zero-order valence-electron chi connectivity index (χ0n) is 19.8. The molecule has 3 heterocycles. The van der Waals surface area contributed by atoms with Crippen LogP contribution < -0.4 is 10.4 Å². The molecule has 2 aromatic heterocycles. The van der Waals surface area contributed by atoms with Crippen molar-refractivity contribution in [1.82, 2.24) is 24.9 Å². The van der Waals surface area contributed by atoms with Crippen LogP contribution in [0.3, 0.4) is 0 Å². The summed E-state index contributed by atoms with van der Waals surface area (Å²) in [5.41, 5.74) is 5.89. The average molecular weight is 451 g/mol. The number of carbonyl (C=O) groups excluding carboxylic acids is 1. The highest BCUT2D eigenvalue weighted by Gasteiger charge is 2.23. The normalized spacial score (nSPS) is 14.9. The second-order valence-electron chi connectivity index (χ2n) is 9.07. The highest BCUT2D eigenvalue weighted by molar-refractivity contribution is 5.92. The molecule has 0 bridgehead atoms. The molecule has 8 heteroatoms. The number of nitrogens with one attached hydrogen (secondary N) is 1. The van der Waals surface area contributed by atoms with Crippen molar-refractivity contribution in [1.29, 1.82) is 0 Å². The lowest BCUT2D eigenvalue weighted by atomic mass is 9.96. The van der Waals surface area contributed by atoms with Crippen LogP contribution in [0.4, 0.5) is 5.95 Å². The van der Waals surface area contributed by atoms with Crippen molar-refractivity contribution in [2.75, 3.05) is 37.6 Å². The molecule has 176 valence electrons. The standard InChI is InChI=1S/C25H34N6O2/c1-4-30(10-9-20-17-29(3)23-13-18(2)5-6-22(20)23)16-19-7-11-31(12-8-19)25-26-14-21(15-27-25)24(32)28-33/h5-6,13-15,17,19,33H,4,7-12,16H2,1-3H3,(H,28,32). The first kappa shape index (κ1) is 23.2. The SMILES string of the molecule is CCN(CCc1cn(C)c2cc(C)ccc12)CC1CCN(c2ncc(C(=O)NO)cn2)CC1. The first-order valence-electron chi connectivity index (χ1n) is 11.8. The van der Waals surface area contributed by atoms with Gasteiger partial charge in [0.1, 0.15) is 0 Å². The molecule has 33 heavy (non-hydrogen) atoms. The summed E-state index contributed by atoms with van der Waals surface area (Å²) in [6.07, 6.45) is 8.46. The third-order valence-electron chi connectivity index (χ3n) is 6.79. The van der Waals surface area contributed by atoms with E-state index in [9.17, 15) is 4.79 Å². The minimum atomic E-state index is -0.599. The number of hydrogen-bond donors (Lipinski definition) is 2. The lowest BCUT2D eigenvalue weighted by Gasteiger charge is -2.34. The van der Waals surface area contributed by atoms with E-state index in [1.807, 2.05) is 0 Å². The van der Waals surface area contributed by atoms with Crippen LogP contribution in [-0.2, 0) is 13.5 Å². The van der Waals surface area contributed by atoms with Gasteiger partial charge in [-0.3, -0.25) is 10.0 Å². The summed E-state index contributed by atoms with van der Waals surface area (Å²) in [5.74, 6) is 0.704. The molecule has 4 rings (SSSR count). The summed E-state index contributed by atoms with van der Waals surface area (Å²) >= 11 is 0. The molecule has 1 saturated heterocycles. The highest BCUT2D eigenvalue weighted by atomic mass is 16.5. The van der Waals surface area contributed by atoms with Crippen molar-refractivity contribution < 1.29 is 10.0 Å². The van der Waals surface area contributed by atoms with E-state index in [1.165, 1.54) is 34.4 Å². The van der Waals surface area contributed by atoms with Crippen LogP contribution in [0.1, 0.15) is 41.3 Å². The molecule has 0 unspecified atom stereocenters. The van der Waals surface area contributed by atoms with Crippen LogP contribution in [0.25, 0.3) is 10.9 Å². The van der Waals surface area contributed by atoms with Gasteiger partial charge in [-0.15, -0.1) is 0 Å². The van der Waals surface area contributed by atoms with Crippen LogP contribution >= 0.6 is 0 Å². The van der Waals surface area contributed by atoms with Gasteiger partial charge in [0, 0.05) is 62.7 Å². The molecule has 0 saturated carbocycles. The van der Waals surface area contributed by atoms with Crippen molar-refractivity contribution in [2.45, 2.75) is 33.1 Å². The number of amides is 1. The van der Waals surface area contributed by atoms with Crippen molar-refractivity contribution in [2.24, 2.45) is 13.0 Å². The Balaban J connectivity index is 1.29. The number of hydroxylamine groups is 1. The fourth-order valence-corrected chi connectivity index (χ4v) is 4.78. The topological polar surface area (TPSA) is 86.5 Å². The fraction of sp³-hybridized carbons (Fsp3) is 0.480. The Morgan fingerprint density at radius 2 is 1.97 bits per heavy atom. The number of carbonyl (C=O) groups is 1. The molecular formula is C25H34N6O2. The zero-order chi connectivity index (χ0) is 23.4. The molecule has 1 fully saturated rings. The van der Waals surface area contributed by atoms with E-state index in [0.29, 0.717) is 11.9 Å². The Hall–Kier alpha value is -2.97. The number of aryl methyl sites for hydroxylation is 2. The van der Waals surface area contributed by atoms with E-state index >= 15 is 0 Å². The van der Waals surface area contributed by atoms with Gasteiger partial charge in [0.05, 0.1) is 5.56 Å². The van der Waals surface area contributed by atoms with Gasteiger partial charge >= 0.3 is 0 Å². The second-order valence-corrected chi connectivity index (χ2v) is 9.07. The number of fused-ring (bicyclic) bond motifs is 1. The summed E-state index contributed by atoms with van der Waals surface area (Å²) in [4.78, 5) is 24.8. The number of anilines is 1. The summed E-state index contributed by atoms with van der Waals surface area (Å²) in [6.45, 7) is 9.47. The van der Waals surface area contributed by atoms with Crippen molar-refractivity contribution in [3.05, 3.63) is 53.5 Å². The van der Waals surface area contributed by atoms with E-state index in [1.54, 1.807) is 5.48 Å². The number of likely N-dealkylation sites (N-methyl/N-ethyl adjacent to an activating group) is 1. The van der Waals surface area contributed by atoms with Gasteiger partial charge in [0.25, 0.3) is 5.91 Å². The van der Waals surface area contributed by atoms with E-state index < -0.39 is 5.91 Å². The van der Waals surface area contributed by atoms with Gasteiger partial charge in [0.2, 0.25) is 5.95 Å². The number of rotatable bonds is 8. The second kappa shape index (κ2) is 10.3. The minimum absolute atomic E-state index is 0.246. The molecule has 1 aliphatic heterocycles. The largest absolute Gasteiger partial charge is 0.350 e. The third-order valence-corrected chi connectivity index (χ3v) is 6.79. The summed E-state index contributed by atoms with van der Waals surface area (Å²) in [6, 6.07) is 6.73. The van der Waals surface area contributed by atoms with Crippen LogP contribution in [0.15, 0.2) is 36.8 Å². The van der Waals surface area contributed by atoms with Gasteiger partial charge in [0.15, 0.2) is 0 Å². The molecule has 1 aliphatic rings. The van der Waals surface area contributed by atoms with Crippen molar-refractivity contribution >= 4 is 22.8 Å². The molecule has 0 spiro atoms. The maximum Gasteiger partial charge on any atom is 0.277 e. The van der Waals surface area contributed by atoms with Gasteiger partial charge < -0.3 is 14.4 Å². The molecular weight excluding hydrogens is 416 g/mol. The lowest BCUT2D eigenvalue weighted by molar-refractivity contribution is 0.0705. The molecule has 2 N–H and O–H groups in total. The van der Waals surface area contributed by atoms with Crippen LogP contribution in [0.5, 0.6) is 0 Å². The predicted molar refractivity (Wildman–Crippen MR) is 130 cm³/mol. The highest BCUT2D eigenvalue weighted by Crippen LogP contribution is 2.24. The fourth-order valence-electron chi connectivity index (χ4n) is 4.78. The Morgan fingerprint density at radius 3 is 2.64 bits per heavy atom. The Morgan fingerprint density at radius 1 is 1.24 bits per heavy atom. The van der Waals surface area contributed by atoms with Gasteiger partial charge in [-0.2, -0.15) is 0 Å². The summed E-state index contributed by atoms with van der Waals surface area (Å²) in [5, 5.41) is 10.1. The van der Waals surface area contributed by atoms with Gasteiger partial charge in [-0.05, 0) is 55.8 Å². The van der Waals surface area contributed by atoms with Crippen molar-refractivity contribution in [3.8, 4) is 0 Å². The predicted octanol–water partition coefficient (Wildman–Crippen LogP) is 3.18. The number of benzene rings is 1. The molecule has 3 aromatic rings. The molecule has 1 aromatic carbocycles. The lowest BCUT2D eigenvalue weighted by Crippen LogP contribution is -2.40. The van der Waals surface area contributed by atoms with Crippen molar-refractivity contribution in [3.63, 3.8) is 0 Å². The van der Waals surface area contributed by atoms with Crippen LogP contribution in [0.2, 0.25) is 0 Å². The molecule has 0 atom stereocenters. The molecule has 0 radical (unpaired) electrons. The molecule has 8 nitrogen and oxygen atoms in total. The first-order chi connectivity index (χ1) is 16.0. The maximum atomic E-state index is 11.4. The monoisotopic (exact) mass is 450 g/mol. The molecule has 0 aliphatic carbocycles. The minimum Gasteiger partial charge on any atom is -0.350 e. The zero-order valence-corrected chi connectivity index (χ0v) is 19.8. The Kier molecular flexibility index (Phi) is 7.25. The maximum absolute atomic E-state index is 11.4. The Bertz CT molecular complexity index is 1090. The first-order valence-corrected chi connectivity index (χ1v) is 11.8. The van der Waals surface area contributed by atoms with E-state index in [-0.39, 0.29) is 5.56 Å². The Labute approximate surface area is 195 Å². The smallest absolute Gasteiger partial charge is 0.277 e. The third kappa shape index (κ3) is 5.34. The van der Waals surface area contributed by atoms with Gasteiger partial charge in [-0.25, -0.2) is 15.4 Å². The summed E-state index contributed by atoms with van der Waals surface area (Å²) in [7, 11) is 2.13. The average Bonchev–Trinajstić information content (AvgIpc) is 3.16. The van der Waals surface area contributed by atoms with Gasteiger partial charge in [-0.1, -0.05) is 19.1 Å². The number of aromatic nitrogens is 3. The quantitative estimate of drug-likeness (QED) is 0.405. The van der Waals surface area contributed by atoms with E-state index in [0.717, 1.165) is 52.0 Å². The number of hydrogen-bond acceptors (Lipinski definition) is 6. The molecule has 1 amide bonds. The number of piperidine rings is 1. The van der Waals surface area contributed by atoms with E-state index in [4.69, 9.17) is 5.21 Å². The van der Waals surface area contributed by atoms with Crippen LogP contribution in [0, 0.1) is 12.8 Å². The van der Waals surface area contributed by atoms with E-state index in [2.05, 4.69) is 69.6 Å². The van der Waals surface area contributed by atoms with Crippen LogP contribution in [-0.4, -0.2) is 63.3 Å². The number of nitrogens with zero attached hydrogens (tertiary/aromatic N) is 5.